The maximum Gasteiger partial charge on any atom is 0.293 e. The van der Waals surface area contributed by atoms with E-state index in [0.29, 0.717) is 69.1 Å². The number of para-hydroxylation sites is 1. The molecule has 540 valence electrons. The summed E-state index contributed by atoms with van der Waals surface area (Å²) in [6, 6.07) is 59.6. The smallest absolute Gasteiger partial charge is 0.293 e. The predicted molar refractivity (Wildman–Crippen MR) is 402 cm³/mol. The number of benzene rings is 7. The van der Waals surface area contributed by atoms with Gasteiger partial charge < -0.3 is 23.7 Å². The summed E-state index contributed by atoms with van der Waals surface area (Å²) in [7, 11) is 1.59. The first-order valence-electron chi connectivity index (χ1n) is 33.3. The Labute approximate surface area is 616 Å². The molecule has 0 amide bonds. The minimum Gasteiger partial charge on any atom is -0.493 e. The number of nitrogens with one attached hydrogen (secondary N) is 4. The fourth-order valence-corrected chi connectivity index (χ4v) is 11.8. The first-order chi connectivity index (χ1) is 51.7. The van der Waals surface area contributed by atoms with E-state index in [2.05, 4.69) is 60.3 Å². The van der Waals surface area contributed by atoms with Crippen molar-refractivity contribution in [2.24, 2.45) is 0 Å². The molecular weight excluding hydrogens is 1410 g/mol. The minimum atomic E-state index is -2.96. The van der Waals surface area contributed by atoms with Crippen molar-refractivity contribution in [1.29, 1.82) is 0 Å². The molecule has 0 atom stereocenters. The first kappa shape index (κ1) is 72.2. The van der Waals surface area contributed by atoms with E-state index < -0.39 is 11.5 Å². The van der Waals surface area contributed by atoms with Crippen molar-refractivity contribution in [3.63, 3.8) is 0 Å². The second-order valence-corrected chi connectivity index (χ2v) is 25.7. The van der Waals surface area contributed by atoms with Crippen molar-refractivity contribution >= 4 is 46.0 Å². The summed E-state index contributed by atoms with van der Waals surface area (Å²) in [5.74, 6) is 3.49. The highest BCUT2D eigenvalue weighted by atomic mass is 35.5. The number of methoxy groups -OCH3 is 1. The topological polar surface area (TPSA) is 298 Å². The van der Waals surface area contributed by atoms with Crippen LogP contribution in [0.15, 0.2) is 225 Å². The Morgan fingerprint density at radius 1 is 0.430 bits per heavy atom. The zero-order valence-corrected chi connectivity index (χ0v) is 60.1. The van der Waals surface area contributed by atoms with Gasteiger partial charge in [0.25, 0.3) is 51.3 Å². The third-order valence-electron chi connectivity index (χ3n) is 16.9. The van der Waals surface area contributed by atoms with E-state index in [1.54, 1.807) is 24.5 Å². The molecule has 29 heteroatoms. The molecule has 0 saturated heterocycles. The molecule has 0 radical (unpaired) electrons. The number of nitrogens with zero attached hydrogens (tertiary/aromatic N) is 12. The van der Waals surface area contributed by atoms with Gasteiger partial charge in [-0.3, -0.25) is 39.6 Å². The number of hydrogen-bond donors (Lipinski definition) is 4. The molecule has 0 aliphatic rings. The van der Waals surface area contributed by atoms with E-state index in [-0.39, 0.29) is 71.0 Å². The zero-order valence-electron chi connectivity index (χ0n) is 58.5. The Bertz CT molecular complexity index is 6100. The van der Waals surface area contributed by atoms with Crippen molar-refractivity contribution in [3.05, 3.63) is 308 Å². The van der Waals surface area contributed by atoms with Gasteiger partial charge in [-0.1, -0.05) is 157 Å². The molecule has 0 saturated carbocycles. The van der Waals surface area contributed by atoms with Gasteiger partial charge in [0.15, 0.2) is 34.8 Å². The molecule has 0 aliphatic heterocycles. The fourth-order valence-electron chi connectivity index (χ4n) is 10.9. The molecule has 9 heterocycles. The summed E-state index contributed by atoms with van der Waals surface area (Å²) in [5, 5.41) is 13.8. The van der Waals surface area contributed by atoms with E-state index >= 15 is 0 Å². The highest BCUT2D eigenvalue weighted by Crippen LogP contribution is 2.33. The Morgan fingerprint density at radius 3 is 1.33 bits per heavy atom. The van der Waals surface area contributed by atoms with Crippen LogP contribution in [-0.4, -0.2) is 85.4 Å². The summed E-state index contributed by atoms with van der Waals surface area (Å²) in [4.78, 5) is 85.8. The van der Waals surface area contributed by atoms with Crippen molar-refractivity contribution in [2.45, 2.75) is 73.9 Å². The zero-order chi connectivity index (χ0) is 74.9. The van der Waals surface area contributed by atoms with Crippen LogP contribution in [0.25, 0.3) is 68.0 Å². The Kier molecular flexibility index (Phi) is 21.4. The van der Waals surface area contributed by atoms with Crippen LogP contribution in [0.2, 0.25) is 5.02 Å². The maximum absolute atomic E-state index is 13.4. The summed E-state index contributed by atoms with van der Waals surface area (Å²) in [6.07, 6.45) is 0. The predicted octanol–water partition coefficient (Wildman–Crippen LogP) is 14.0. The van der Waals surface area contributed by atoms with Crippen molar-refractivity contribution in [2.75, 3.05) is 7.11 Å². The summed E-state index contributed by atoms with van der Waals surface area (Å²) in [5.41, 5.74) is 8.32. The van der Waals surface area contributed by atoms with Gasteiger partial charge in [0, 0.05) is 47.4 Å². The number of thiophene rings is 1. The Balaban J connectivity index is 0.000000126. The van der Waals surface area contributed by atoms with Crippen LogP contribution in [0.3, 0.4) is 0 Å². The lowest BCUT2D eigenvalue weighted by atomic mass is 10.1. The SMILES string of the molecule is CC(F)(F)c1cccc(OCc2cc(=O)n3[nH]c(-c4ccccc4)nc3n2)c1.COc1cccc(C)c1OCc1cc(=O)n2[nH]c(-c3ccccc3)nc2n1.Cc1cccc(OCc2cc(=O)n3[nH]c(-c4cccs4)nc3n2)c1C.Cc1cccc(OCc2nc3nc(-c4ccccc4)[nH]n3c(=O)c2Cl)c1C. The number of alkyl halides is 2. The minimum absolute atomic E-state index is 0.0149. The maximum atomic E-state index is 13.4. The monoisotopic (exact) mass is 1480 g/mol. The normalized spacial score (nSPS) is 11.2. The second-order valence-electron chi connectivity index (χ2n) is 24.4. The Morgan fingerprint density at radius 2 is 0.850 bits per heavy atom. The van der Waals surface area contributed by atoms with E-state index in [1.165, 1.54) is 54.5 Å². The van der Waals surface area contributed by atoms with Crippen LogP contribution in [0, 0.1) is 34.6 Å². The summed E-state index contributed by atoms with van der Waals surface area (Å²) in [6.45, 7) is 11.2. The molecule has 0 fully saturated rings. The van der Waals surface area contributed by atoms with Gasteiger partial charge in [-0.15, -0.1) is 11.3 Å². The molecule has 16 rings (SSSR count). The van der Waals surface area contributed by atoms with Crippen LogP contribution in [0.4, 0.5) is 8.78 Å². The van der Waals surface area contributed by atoms with Gasteiger partial charge in [0.1, 0.15) is 54.4 Å². The van der Waals surface area contributed by atoms with Crippen LogP contribution in [0.5, 0.6) is 28.7 Å². The molecule has 0 aliphatic carbocycles. The number of fused-ring (bicyclic) bond motifs is 4. The Hall–Kier alpha value is -13.2. The van der Waals surface area contributed by atoms with Crippen LogP contribution in [0.1, 0.15) is 63.1 Å². The number of aromatic amines is 4. The van der Waals surface area contributed by atoms with Crippen molar-refractivity contribution in [3.8, 4) is 73.6 Å². The van der Waals surface area contributed by atoms with Gasteiger partial charge in [-0.2, -0.15) is 38.0 Å². The number of ether oxygens (including phenoxy) is 5. The van der Waals surface area contributed by atoms with Gasteiger partial charge in [0.2, 0.25) is 0 Å². The van der Waals surface area contributed by atoms with Crippen molar-refractivity contribution < 1.29 is 32.5 Å². The molecule has 4 N–H and O–H groups in total. The molecule has 0 spiro atoms. The van der Waals surface area contributed by atoms with Crippen LogP contribution < -0.4 is 45.9 Å². The lowest BCUT2D eigenvalue weighted by Gasteiger charge is -2.12. The van der Waals surface area contributed by atoms with Crippen LogP contribution in [-0.2, 0) is 32.4 Å². The van der Waals surface area contributed by atoms with E-state index in [4.69, 9.17) is 35.3 Å². The highest BCUT2D eigenvalue weighted by Gasteiger charge is 2.25. The van der Waals surface area contributed by atoms with E-state index in [1.807, 2.05) is 198 Å². The van der Waals surface area contributed by atoms with Crippen molar-refractivity contribution in [1.82, 2.24) is 78.3 Å². The average molecular weight is 1480 g/mol. The summed E-state index contributed by atoms with van der Waals surface area (Å²) >= 11 is 7.79. The second kappa shape index (κ2) is 31.8. The highest BCUT2D eigenvalue weighted by molar-refractivity contribution is 7.13. The lowest BCUT2D eigenvalue weighted by molar-refractivity contribution is 0.0172. The summed E-state index contributed by atoms with van der Waals surface area (Å²) < 4.78 is 60.5. The first-order valence-corrected chi connectivity index (χ1v) is 34.6. The van der Waals surface area contributed by atoms with Gasteiger partial charge in [-0.25, -0.2) is 28.7 Å². The quantitative estimate of drug-likeness (QED) is 0.0620. The molecule has 7 aromatic carbocycles. The number of aryl methyl sites for hydroxylation is 3. The molecule has 25 nitrogen and oxygen atoms in total. The number of halogens is 3. The number of aromatic nitrogens is 16. The number of H-pyrrole nitrogens is 4. The third kappa shape index (κ3) is 16.7. The van der Waals surface area contributed by atoms with Crippen LogP contribution >= 0.6 is 22.9 Å². The third-order valence-corrected chi connectivity index (χ3v) is 18.1. The molecule has 0 unspecified atom stereocenters. The molecule has 107 heavy (non-hydrogen) atoms. The molecule has 16 aromatic rings. The average Bonchev–Trinajstić information content (AvgIpc) is 1.66. The number of hydrogen-bond acceptors (Lipinski definition) is 18. The molecule has 9 aromatic heterocycles. The van der Waals surface area contributed by atoms with E-state index in [0.717, 1.165) is 67.8 Å². The fraction of sp³-hybridized carbons (Fsp3) is 0.154. The lowest BCUT2D eigenvalue weighted by Crippen LogP contribution is -2.19. The van der Waals surface area contributed by atoms with Gasteiger partial charge in [-0.05, 0) is 104 Å². The number of rotatable bonds is 18. The largest absolute Gasteiger partial charge is 0.493 e. The van der Waals surface area contributed by atoms with E-state index in [9.17, 15) is 28.0 Å². The molecule has 0 bridgehead atoms. The van der Waals surface area contributed by atoms with Gasteiger partial charge >= 0.3 is 0 Å². The van der Waals surface area contributed by atoms with Gasteiger partial charge in [0.05, 0.1) is 29.1 Å². The standard InChI is InChI=1S/C20H17ClN4O2.C20H16F2N4O2.C20H18N4O3.C18H16N4O2S/c1-12-7-6-10-16(13(12)2)27-11-15-17(21)19(26)25-20(22-15)23-18(24-25)14-8-4-3-5-9-14;1-20(21,22)14-8-5-9-16(10-14)28-12-15-11-17(27)26-19(23-15)24-18(25-26)13-6-3-2-4-7-13;1-13-7-6-10-16(26-2)18(13)27-12-15-11-17(25)24-20(21-15)22-19(23-24)14-8-4-3-5-9-14;1-11-5-3-6-14(12(11)2)24-10-13-9-16(23)22-18(19-13)20-17(21-22)15-7-4-8-25-15/h3-10H,11H2,1-2H3,(H,22,23,24);2-11H,12H2,1H3,(H,23,24,25);3-11H,12H2,1-2H3,(H,21,22,23);3-9H,10H2,1-2H3,(H,19,20,21). The molecular formula is C78H67ClF2N16O9S.